The number of alkyl carbamates (subject to hydrolysis) is 1. The van der Waals surface area contributed by atoms with Crippen LogP contribution < -0.4 is 10.6 Å². The third-order valence-electron chi connectivity index (χ3n) is 8.18. The fourth-order valence-electron chi connectivity index (χ4n) is 6.15. The first-order valence-electron chi connectivity index (χ1n) is 12.1. The van der Waals surface area contributed by atoms with Crippen molar-refractivity contribution in [2.75, 3.05) is 6.61 Å². The average molecular weight is 461 g/mol. The summed E-state index contributed by atoms with van der Waals surface area (Å²) in [7, 11) is 0. The number of aliphatic carboxylic acids is 1. The van der Waals surface area contributed by atoms with Gasteiger partial charge in [0.15, 0.2) is 0 Å². The highest BCUT2D eigenvalue weighted by Gasteiger charge is 2.65. The molecular formula is C27H28N2O5. The number of benzene rings is 2. The number of carbonyl (C=O) groups excluding carboxylic acids is 2. The van der Waals surface area contributed by atoms with E-state index < -0.39 is 23.5 Å². The molecule has 4 aliphatic carbocycles. The summed E-state index contributed by atoms with van der Waals surface area (Å²) < 4.78 is 5.63. The van der Waals surface area contributed by atoms with Crippen molar-refractivity contribution in [2.24, 2.45) is 17.3 Å². The Morgan fingerprint density at radius 3 is 2.24 bits per heavy atom. The van der Waals surface area contributed by atoms with Crippen molar-refractivity contribution in [3.8, 4) is 11.1 Å². The van der Waals surface area contributed by atoms with Crippen LogP contribution in [0.4, 0.5) is 4.79 Å². The summed E-state index contributed by atoms with van der Waals surface area (Å²) in [5.74, 6) is -0.772. The van der Waals surface area contributed by atoms with Gasteiger partial charge >= 0.3 is 12.1 Å². The maximum Gasteiger partial charge on any atom is 0.407 e. The largest absolute Gasteiger partial charge is 0.481 e. The summed E-state index contributed by atoms with van der Waals surface area (Å²) in [6, 6.07) is 15.5. The van der Waals surface area contributed by atoms with E-state index in [1.54, 1.807) is 0 Å². The molecule has 1 unspecified atom stereocenters. The van der Waals surface area contributed by atoms with Crippen LogP contribution in [0.5, 0.6) is 0 Å². The van der Waals surface area contributed by atoms with E-state index in [1.165, 1.54) is 0 Å². The molecule has 2 aromatic rings. The van der Waals surface area contributed by atoms with Crippen molar-refractivity contribution in [1.29, 1.82) is 0 Å². The molecule has 0 aromatic heterocycles. The second-order valence-corrected chi connectivity index (χ2v) is 10.3. The lowest BCUT2D eigenvalue weighted by molar-refractivity contribution is -0.143. The Morgan fingerprint density at radius 1 is 1.00 bits per heavy atom. The Labute approximate surface area is 197 Å². The summed E-state index contributed by atoms with van der Waals surface area (Å²) >= 11 is 0. The Bertz CT molecular complexity index is 1130. The topological polar surface area (TPSA) is 105 Å². The van der Waals surface area contributed by atoms with Crippen molar-refractivity contribution in [3.63, 3.8) is 0 Å². The molecule has 3 N–H and O–H groups in total. The zero-order valence-electron chi connectivity index (χ0n) is 18.8. The predicted octanol–water partition coefficient (Wildman–Crippen LogP) is 3.67. The summed E-state index contributed by atoms with van der Waals surface area (Å²) in [6.07, 6.45) is 3.05. The fraction of sp³-hybridized carbons (Fsp3) is 0.444. The van der Waals surface area contributed by atoms with E-state index in [4.69, 9.17) is 4.74 Å². The molecule has 4 atom stereocenters. The number of nitrogens with one attached hydrogen (secondary N) is 2. The van der Waals surface area contributed by atoms with Crippen molar-refractivity contribution >= 4 is 18.0 Å². The van der Waals surface area contributed by atoms with Gasteiger partial charge in [-0.25, -0.2) is 4.79 Å². The molecule has 3 fully saturated rings. The summed E-state index contributed by atoms with van der Waals surface area (Å²) in [5, 5.41) is 15.3. The van der Waals surface area contributed by atoms with E-state index in [9.17, 15) is 19.5 Å². The molecule has 4 aliphatic rings. The fourth-order valence-corrected chi connectivity index (χ4v) is 6.15. The molecule has 34 heavy (non-hydrogen) atoms. The molecule has 0 bridgehead atoms. The monoisotopic (exact) mass is 460 g/mol. The second-order valence-electron chi connectivity index (χ2n) is 10.3. The van der Waals surface area contributed by atoms with Gasteiger partial charge in [-0.1, -0.05) is 48.5 Å². The molecule has 6 rings (SSSR count). The first kappa shape index (κ1) is 21.2. The molecule has 2 amide bonds. The quantitative estimate of drug-likeness (QED) is 0.585. The number of ether oxygens (including phenoxy) is 1. The Balaban J connectivity index is 1.08. The van der Waals surface area contributed by atoms with Crippen LogP contribution in [0.1, 0.15) is 49.1 Å². The lowest BCUT2D eigenvalue weighted by Crippen LogP contribution is -2.51. The minimum Gasteiger partial charge on any atom is -0.481 e. The zero-order chi connectivity index (χ0) is 23.4. The maximum atomic E-state index is 13.0. The van der Waals surface area contributed by atoms with Crippen LogP contribution in [-0.4, -0.2) is 41.8 Å². The normalized spacial score (nSPS) is 27.2. The molecule has 0 heterocycles. The van der Waals surface area contributed by atoms with Gasteiger partial charge in [0.05, 0.1) is 5.41 Å². The number of carboxylic acid groups (broad SMARTS) is 1. The van der Waals surface area contributed by atoms with Crippen LogP contribution in [0.2, 0.25) is 0 Å². The summed E-state index contributed by atoms with van der Waals surface area (Å²) in [4.78, 5) is 37.2. The van der Waals surface area contributed by atoms with E-state index in [0.29, 0.717) is 19.3 Å². The van der Waals surface area contributed by atoms with E-state index in [2.05, 4.69) is 34.9 Å². The lowest BCUT2D eigenvalue weighted by Gasteiger charge is -2.22. The van der Waals surface area contributed by atoms with Crippen molar-refractivity contribution < 1.29 is 24.2 Å². The zero-order valence-corrected chi connectivity index (χ0v) is 18.8. The first-order valence-corrected chi connectivity index (χ1v) is 12.1. The van der Waals surface area contributed by atoms with E-state index in [0.717, 1.165) is 35.1 Å². The smallest absolute Gasteiger partial charge is 0.407 e. The van der Waals surface area contributed by atoms with Gasteiger partial charge in [-0.15, -0.1) is 0 Å². The minimum atomic E-state index is -0.759. The third kappa shape index (κ3) is 3.54. The molecule has 7 nitrogen and oxygen atoms in total. The molecule has 3 saturated carbocycles. The van der Waals surface area contributed by atoms with Gasteiger partial charge in [-0.3, -0.25) is 9.59 Å². The number of carboxylic acids is 1. The van der Waals surface area contributed by atoms with E-state index in [-0.39, 0.29) is 36.3 Å². The highest BCUT2D eigenvalue weighted by Crippen LogP contribution is 2.63. The molecule has 0 aliphatic heterocycles. The highest BCUT2D eigenvalue weighted by atomic mass is 16.5. The summed E-state index contributed by atoms with van der Waals surface area (Å²) in [6.45, 7) is 0.199. The van der Waals surface area contributed by atoms with Crippen molar-refractivity contribution in [3.05, 3.63) is 59.7 Å². The van der Waals surface area contributed by atoms with Gasteiger partial charge in [-0.05, 0) is 66.2 Å². The molecule has 0 radical (unpaired) electrons. The highest BCUT2D eigenvalue weighted by molar-refractivity contribution is 5.87. The predicted molar refractivity (Wildman–Crippen MR) is 124 cm³/mol. The number of carbonyl (C=O) groups is 3. The molecule has 0 saturated heterocycles. The van der Waals surface area contributed by atoms with Crippen LogP contribution in [0.3, 0.4) is 0 Å². The molecule has 176 valence electrons. The lowest BCUT2D eigenvalue weighted by atomic mass is 9.98. The minimum absolute atomic E-state index is 0.0382. The first-order chi connectivity index (χ1) is 16.5. The van der Waals surface area contributed by atoms with Gasteiger partial charge in [0, 0.05) is 12.0 Å². The second kappa shape index (κ2) is 7.86. The Hall–Kier alpha value is -3.35. The number of hydrogen-bond donors (Lipinski definition) is 3. The van der Waals surface area contributed by atoms with E-state index in [1.807, 2.05) is 24.3 Å². The molecule has 7 heteroatoms. The number of rotatable bonds is 7. The number of amides is 2. The van der Waals surface area contributed by atoms with Gasteiger partial charge < -0.3 is 20.5 Å². The molecule has 0 spiro atoms. The molecular weight excluding hydrogens is 432 g/mol. The maximum absolute atomic E-state index is 13.0. The Kier molecular flexibility index (Phi) is 4.90. The van der Waals surface area contributed by atoms with Crippen LogP contribution in [0, 0.1) is 17.3 Å². The molecule has 2 aromatic carbocycles. The van der Waals surface area contributed by atoms with Gasteiger partial charge in [-0.2, -0.15) is 0 Å². The van der Waals surface area contributed by atoms with Crippen LogP contribution >= 0.6 is 0 Å². The summed E-state index contributed by atoms with van der Waals surface area (Å²) in [5.41, 5.74) is 3.96. The van der Waals surface area contributed by atoms with Crippen molar-refractivity contribution in [2.45, 2.75) is 50.1 Å². The average Bonchev–Trinajstić information content (AvgIpc) is 3.74. The van der Waals surface area contributed by atoms with Gasteiger partial charge in [0.25, 0.3) is 0 Å². The number of hydrogen-bond acceptors (Lipinski definition) is 4. The Morgan fingerprint density at radius 2 is 1.65 bits per heavy atom. The SMILES string of the molecule is O=C(NC(C(=O)N[C@H]1C[C@@H]2C[C@]2(C(=O)O)C1)C1CC1)OCC1c2ccccc2-c2ccccc21. The van der Waals surface area contributed by atoms with Gasteiger partial charge in [0.1, 0.15) is 12.6 Å². The van der Waals surface area contributed by atoms with Gasteiger partial charge in [0.2, 0.25) is 5.91 Å². The van der Waals surface area contributed by atoms with E-state index >= 15 is 0 Å². The van der Waals surface area contributed by atoms with Crippen LogP contribution in [0.25, 0.3) is 11.1 Å². The standard InChI is InChI=1S/C27H28N2O5/c30-24(28-17-11-16-12-27(16,13-17)25(31)32)23(15-9-10-15)29-26(33)34-14-22-20-7-3-1-5-18(20)19-6-2-4-8-21(19)22/h1-8,15-17,22-23H,9-14H2,(H,28,30)(H,29,33)(H,31,32)/t16-,17+,23?,27+/m1/s1. The van der Waals surface area contributed by atoms with Crippen LogP contribution in [-0.2, 0) is 14.3 Å². The van der Waals surface area contributed by atoms with Crippen LogP contribution in [0.15, 0.2) is 48.5 Å². The number of fused-ring (bicyclic) bond motifs is 4. The van der Waals surface area contributed by atoms with Crippen molar-refractivity contribution in [1.82, 2.24) is 10.6 Å². The third-order valence-corrected chi connectivity index (χ3v) is 8.18.